The monoisotopic (exact) mass is 250 g/mol. The Morgan fingerprint density at radius 3 is 2.78 bits per heavy atom. The predicted molar refractivity (Wildman–Crippen MR) is 59.6 cm³/mol. The Morgan fingerprint density at radius 1 is 1.39 bits per heavy atom. The zero-order valence-electron chi connectivity index (χ0n) is 8.91. The van der Waals surface area contributed by atoms with Gasteiger partial charge in [0.15, 0.2) is 0 Å². The summed E-state index contributed by atoms with van der Waals surface area (Å²) in [4.78, 5) is 17.1. The van der Waals surface area contributed by atoms with Crippen molar-refractivity contribution in [1.29, 1.82) is 0 Å². The van der Waals surface area contributed by atoms with Crippen molar-refractivity contribution in [3.05, 3.63) is 46.4 Å². The van der Waals surface area contributed by atoms with Crippen LogP contribution < -0.4 is 10.5 Å². The second-order valence-electron chi connectivity index (χ2n) is 3.24. The van der Waals surface area contributed by atoms with E-state index in [9.17, 15) is 14.5 Å². The zero-order chi connectivity index (χ0) is 13.1. The summed E-state index contributed by atoms with van der Waals surface area (Å²) in [6.07, 6.45) is 1.37. The predicted octanol–water partition coefficient (Wildman–Crippen LogP) is 1.90. The third-order valence-corrected chi connectivity index (χ3v) is 1.98. The van der Waals surface area contributed by atoms with Crippen LogP contribution in [0.1, 0.15) is 0 Å². The van der Waals surface area contributed by atoms with Crippen molar-refractivity contribution < 1.29 is 14.1 Å². The molecule has 1 aromatic carbocycles. The van der Waals surface area contributed by atoms with Crippen LogP contribution in [0.25, 0.3) is 0 Å². The molecule has 2 N–H and O–H groups in total. The molecule has 18 heavy (non-hydrogen) atoms. The first-order valence-corrected chi connectivity index (χ1v) is 4.76. The average Bonchev–Trinajstić information content (AvgIpc) is 2.28. The molecule has 0 saturated heterocycles. The van der Waals surface area contributed by atoms with Crippen molar-refractivity contribution in [3.8, 4) is 11.8 Å². The first-order valence-electron chi connectivity index (χ1n) is 4.76. The summed E-state index contributed by atoms with van der Waals surface area (Å²) in [6, 6.07) is 4.52. The molecule has 0 amide bonds. The van der Waals surface area contributed by atoms with Gasteiger partial charge >= 0.3 is 11.7 Å². The quantitative estimate of drug-likeness (QED) is 0.658. The first-order chi connectivity index (χ1) is 8.56. The van der Waals surface area contributed by atoms with Gasteiger partial charge in [0.1, 0.15) is 11.6 Å². The number of aromatic nitrogens is 2. The fraction of sp³-hybridized carbons (Fsp3) is 0. The number of nitro benzene ring substituents is 1. The normalized spacial score (nSPS) is 10.1. The van der Waals surface area contributed by atoms with Gasteiger partial charge in [-0.3, -0.25) is 10.1 Å². The van der Waals surface area contributed by atoms with Crippen LogP contribution in [-0.2, 0) is 0 Å². The minimum atomic E-state index is -0.999. The van der Waals surface area contributed by atoms with Crippen molar-refractivity contribution in [3.63, 3.8) is 0 Å². The van der Waals surface area contributed by atoms with Gasteiger partial charge in [-0.05, 0) is 12.1 Å². The average molecular weight is 250 g/mol. The molecule has 0 atom stereocenters. The molecule has 0 bridgehead atoms. The van der Waals surface area contributed by atoms with Crippen molar-refractivity contribution >= 4 is 11.5 Å². The molecule has 0 aliphatic rings. The van der Waals surface area contributed by atoms with E-state index in [4.69, 9.17) is 10.5 Å². The highest BCUT2D eigenvalue weighted by Gasteiger charge is 2.14. The number of rotatable bonds is 3. The lowest BCUT2D eigenvalue weighted by Gasteiger charge is -2.03. The van der Waals surface area contributed by atoms with Crippen LogP contribution in [0.15, 0.2) is 30.5 Å². The van der Waals surface area contributed by atoms with Crippen LogP contribution >= 0.6 is 0 Å². The van der Waals surface area contributed by atoms with E-state index in [1.165, 1.54) is 18.3 Å². The lowest BCUT2D eigenvalue weighted by atomic mass is 10.3. The fourth-order valence-electron chi connectivity index (χ4n) is 1.21. The van der Waals surface area contributed by atoms with Gasteiger partial charge in [0, 0.05) is 18.3 Å². The van der Waals surface area contributed by atoms with E-state index in [2.05, 4.69) is 9.97 Å². The number of benzene rings is 1. The van der Waals surface area contributed by atoms with Gasteiger partial charge in [-0.15, -0.1) is 0 Å². The molecule has 1 aromatic heterocycles. The molecule has 2 aromatic rings. The van der Waals surface area contributed by atoms with Gasteiger partial charge in [0.25, 0.3) is 0 Å². The second kappa shape index (κ2) is 4.62. The second-order valence-corrected chi connectivity index (χ2v) is 3.24. The van der Waals surface area contributed by atoms with E-state index in [0.717, 1.165) is 12.1 Å². The number of hydrogen-bond acceptors (Lipinski definition) is 6. The SMILES string of the molecule is Nc1ccnc(Oc2ccc([N+](=O)[O-])c(F)c2)n1. The molecule has 2 rings (SSSR count). The molecule has 1 heterocycles. The third-order valence-electron chi connectivity index (χ3n) is 1.98. The largest absolute Gasteiger partial charge is 0.424 e. The summed E-state index contributed by atoms with van der Waals surface area (Å²) in [5.74, 6) is -0.757. The molecule has 0 radical (unpaired) electrons. The minimum Gasteiger partial charge on any atom is -0.424 e. The molecule has 0 aliphatic heterocycles. The zero-order valence-corrected chi connectivity index (χ0v) is 8.91. The van der Waals surface area contributed by atoms with Gasteiger partial charge in [-0.1, -0.05) is 0 Å². The maximum atomic E-state index is 13.3. The molecule has 7 nitrogen and oxygen atoms in total. The highest BCUT2D eigenvalue weighted by Crippen LogP contribution is 2.24. The summed E-state index contributed by atoms with van der Waals surface area (Å²) in [5, 5.41) is 10.4. The van der Waals surface area contributed by atoms with E-state index in [0.29, 0.717) is 0 Å². The Morgan fingerprint density at radius 2 is 2.17 bits per heavy atom. The number of nitrogens with two attached hydrogens (primary N) is 1. The topological polar surface area (TPSA) is 104 Å². The molecule has 0 fully saturated rings. The van der Waals surface area contributed by atoms with Crippen LogP contribution in [-0.4, -0.2) is 14.9 Å². The summed E-state index contributed by atoms with van der Waals surface area (Å²) in [5.41, 5.74) is 4.78. The molecular formula is C10H7FN4O3. The van der Waals surface area contributed by atoms with Gasteiger partial charge in [0.2, 0.25) is 5.82 Å². The summed E-state index contributed by atoms with van der Waals surface area (Å²) < 4.78 is 18.4. The van der Waals surface area contributed by atoms with Gasteiger partial charge < -0.3 is 10.5 Å². The Hall–Kier alpha value is -2.77. The van der Waals surface area contributed by atoms with Crippen molar-refractivity contribution in [2.75, 3.05) is 5.73 Å². The maximum Gasteiger partial charge on any atom is 0.323 e. The van der Waals surface area contributed by atoms with Crippen molar-refractivity contribution in [1.82, 2.24) is 9.97 Å². The fourth-order valence-corrected chi connectivity index (χ4v) is 1.21. The van der Waals surface area contributed by atoms with Gasteiger partial charge in [-0.25, -0.2) is 4.98 Å². The Labute approximate surface area is 100 Å². The Kier molecular flexibility index (Phi) is 3.00. The van der Waals surface area contributed by atoms with Gasteiger partial charge in [0.05, 0.1) is 4.92 Å². The highest BCUT2D eigenvalue weighted by atomic mass is 19.1. The van der Waals surface area contributed by atoms with Crippen molar-refractivity contribution in [2.45, 2.75) is 0 Å². The highest BCUT2D eigenvalue weighted by molar-refractivity contribution is 5.39. The standard InChI is InChI=1S/C10H7FN4O3/c11-7-5-6(1-2-8(7)15(16)17)18-10-13-4-3-9(12)14-10/h1-5H,(H2,12,13,14). The smallest absolute Gasteiger partial charge is 0.323 e. The molecule has 0 unspecified atom stereocenters. The molecule has 0 spiro atoms. The van der Waals surface area contributed by atoms with E-state index in [-0.39, 0.29) is 17.6 Å². The minimum absolute atomic E-state index is 0.0451. The number of nitrogens with zero attached hydrogens (tertiary/aromatic N) is 3. The number of halogens is 1. The molecule has 8 heteroatoms. The summed E-state index contributed by atoms with van der Waals surface area (Å²) in [7, 11) is 0. The number of nitro groups is 1. The van der Waals surface area contributed by atoms with Crippen LogP contribution in [0.4, 0.5) is 15.9 Å². The maximum absolute atomic E-state index is 13.3. The first kappa shape index (κ1) is 11.7. The van der Waals surface area contributed by atoms with Crippen LogP contribution in [0.2, 0.25) is 0 Å². The van der Waals surface area contributed by atoms with Crippen LogP contribution in [0.5, 0.6) is 11.8 Å². The number of nitrogen functional groups attached to an aromatic ring is 1. The number of hydrogen-bond donors (Lipinski definition) is 1. The molecule has 92 valence electrons. The number of anilines is 1. The van der Waals surface area contributed by atoms with E-state index < -0.39 is 16.4 Å². The van der Waals surface area contributed by atoms with E-state index in [1.807, 2.05) is 0 Å². The van der Waals surface area contributed by atoms with E-state index >= 15 is 0 Å². The molecule has 0 saturated carbocycles. The lowest BCUT2D eigenvalue weighted by molar-refractivity contribution is -0.387. The van der Waals surface area contributed by atoms with E-state index in [1.54, 1.807) is 0 Å². The Balaban J connectivity index is 2.25. The van der Waals surface area contributed by atoms with Gasteiger partial charge in [-0.2, -0.15) is 9.37 Å². The lowest BCUT2D eigenvalue weighted by Crippen LogP contribution is -1.97. The van der Waals surface area contributed by atoms with Crippen molar-refractivity contribution in [2.24, 2.45) is 0 Å². The summed E-state index contributed by atoms with van der Waals surface area (Å²) >= 11 is 0. The molecule has 0 aliphatic carbocycles. The summed E-state index contributed by atoms with van der Waals surface area (Å²) in [6.45, 7) is 0. The number of ether oxygens (including phenoxy) is 1. The third kappa shape index (κ3) is 2.48. The molecular weight excluding hydrogens is 243 g/mol. The van der Waals surface area contributed by atoms with Crippen LogP contribution in [0, 0.1) is 15.9 Å². The Bertz CT molecular complexity index is 605. The van der Waals surface area contributed by atoms with Crippen LogP contribution in [0.3, 0.4) is 0 Å².